The summed E-state index contributed by atoms with van der Waals surface area (Å²) < 4.78 is 69.1. The van der Waals surface area contributed by atoms with Crippen LogP contribution in [0.1, 0.15) is 5.76 Å². The maximum Gasteiger partial charge on any atom is 0.348 e. The minimum Gasteiger partial charge on any atom is -0.465 e. The fraction of sp³-hybridized carbons (Fsp3) is 0.0714. The van der Waals surface area contributed by atoms with Gasteiger partial charge in [-0.1, -0.05) is 11.8 Å². The van der Waals surface area contributed by atoms with E-state index in [0.29, 0.717) is 11.8 Å². The molecule has 1 aliphatic rings. The molecule has 1 aromatic carbocycles. The van der Waals surface area contributed by atoms with Crippen LogP contribution >= 0.6 is 11.8 Å². The minimum absolute atomic E-state index is 0.00749. The Balaban J connectivity index is 2.22. The third kappa shape index (κ3) is 2.37. The van der Waals surface area contributed by atoms with E-state index >= 15 is 0 Å². The van der Waals surface area contributed by atoms with Crippen LogP contribution in [0.25, 0.3) is 5.76 Å². The number of carbonyl (C=O) groups is 1. The van der Waals surface area contributed by atoms with Gasteiger partial charge in [0.15, 0.2) is 28.9 Å². The predicted molar refractivity (Wildman–Crippen MR) is 70.4 cm³/mol. The molecule has 0 N–H and O–H groups in total. The second kappa shape index (κ2) is 5.65. The second-order valence-electron chi connectivity index (χ2n) is 4.25. The molecule has 0 fully saturated rings. The van der Waals surface area contributed by atoms with E-state index in [0.717, 1.165) is 7.11 Å². The largest absolute Gasteiger partial charge is 0.465 e. The zero-order valence-electron chi connectivity index (χ0n) is 11.3. The van der Waals surface area contributed by atoms with Gasteiger partial charge in [0.25, 0.3) is 0 Å². The van der Waals surface area contributed by atoms with E-state index in [4.69, 9.17) is 9.15 Å². The molecule has 1 aliphatic heterocycles. The first-order valence-electron chi connectivity index (χ1n) is 6.03. The van der Waals surface area contributed by atoms with Crippen molar-refractivity contribution in [1.29, 1.82) is 0 Å². The first-order valence-corrected chi connectivity index (χ1v) is 6.85. The molecule has 1 aromatic heterocycles. The zero-order valence-corrected chi connectivity index (χ0v) is 12.1. The highest BCUT2D eigenvalue weighted by atomic mass is 32.2. The summed E-state index contributed by atoms with van der Waals surface area (Å²) >= 11 is 0.358. The average molecular weight is 346 g/mol. The van der Waals surface area contributed by atoms with Crippen LogP contribution in [-0.4, -0.2) is 13.1 Å². The summed E-state index contributed by atoms with van der Waals surface area (Å²) in [5.74, 6) is -9.47. The Labute approximate surface area is 130 Å². The van der Waals surface area contributed by atoms with Gasteiger partial charge < -0.3 is 13.9 Å². The van der Waals surface area contributed by atoms with Gasteiger partial charge in [0.1, 0.15) is 4.91 Å². The SMILES string of the molecule is COC(=O)C1=C(c2ccco2)Oc2c(F)c(F)c(F)c(F)c2S1. The van der Waals surface area contributed by atoms with Gasteiger partial charge in [-0.05, 0) is 12.1 Å². The fourth-order valence-corrected chi connectivity index (χ4v) is 2.88. The third-order valence-corrected chi connectivity index (χ3v) is 4.04. The molecule has 0 bridgehead atoms. The molecule has 4 nitrogen and oxygen atoms in total. The van der Waals surface area contributed by atoms with Crippen LogP contribution in [0.15, 0.2) is 32.6 Å². The smallest absolute Gasteiger partial charge is 0.348 e. The van der Waals surface area contributed by atoms with Crippen LogP contribution < -0.4 is 4.74 Å². The van der Waals surface area contributed by atoms with Crippen molar-refractivity contribution < 1.29 is 36.2 Å². The molecule has 0 saturated heterocycles. The Morgan fingerprint density at radius 3 is 2.43 bits per heavy atom. The third-order valence-electron chi connectivity index (χ3n) is 2.91. The number of carbonyl (C=O) groups excluding carboxylic acids is 1. The van der Waals surface area contributed by atoms with E-state index in [9.17, 15) is 22.4 Å². The quantitative estimate of drug-likeness (QED) is 0.358. The lowest BCUT2D eigenvalue weighted by Crippen LogP contribution is -2.15. The molecule has 0 aliphatic carbocycles. The monoisotopic (exact) mass is 346 g/mol. The number of methoxy groups -OCH3 is 1. The summed E-state index contributed by atoms with van der Waals surface area (Å²) in [6.45, 7) is 0. The molecule has 23 heavy (non-hydrogen) atoms. The van der Waals surface area contributed by atoms with E-state index in [2.05, 4.69) is 4.74 Å². The van der Waals surface area contributed by atoms with Gasteiger partial charge in [-0.3, -0.25) is 0 Å². The van der Waals surface area contributed by atoms with Gasteiger partial charge in [-0.25, -0.2) is 18.0 Å². The molecule has 0 saturated carbocycles. The number of fused-ring (bicyclic) bond motifs is 1. The highest BCUT2D eigenvalue weighted by Crippen LogP contribution is 2.48. The van der Waals surface area contributed by atoms with Gasteiger partial charge in [0.2, 0.25) is 11.6 Å². The number of rotatable bonds is 2. The molecule has 2 heterocycles. The zero-order chi connectivity index (χ0) is 16.7. The highest BCUT2D eigenvalue weighted by molar-refractivity contribution is 8.04. The normalized spacial score (nSPS) is 13.6. The van der Waals surface area contributed by atoms with Crippen molar-refractivity contribution in [1.82, 2.24) is 0 Å². The Bertz CT molecular complexity index is 830. The van der Waals surface area contributed by atoms with Crippen LogP contribution in [-0.2, 0) is 9.53 Å². The van der Waals surface area contributed by atoms with E-state index in [1.807, 2.05) is 0 Å². The molecular formula is C14H6F4O4S. The van der Waals surface area contributed by atoms with Crippen molar-refractivity contribution in [2.24, 2.45) is 0 Å². The number of halogens is 4. The topological polar surface area (TPSA) is 48.7 Å². The summed E-state index contributed by atoms with van der Waals surface area (Å²) in [5, 5.41) is 0. The Kier molecular flexibility index (Phi) is 3.80. The maximum absolute atomic E-state index is 13.9. The molecule has 2 aromatic rings. The van der Waals surface area contributed by atoms with Crippen LogP contribution in [0, 0.1) is 23.3 Å². The van der Waals surface area contributed by atoms with Crippen molar-refractivity contribution in [2.45, 2.75) is 4.90 Å². The van der Waals surface area contributed by atoms with Crippen molar-refractivity contribution in [3.05, 3.63) is 52.3 Å². The average Bonchev–Trinajstić information content (AvgIpc) is 3.10. The lowest BCUT2D eigenvalue weighted by atomic mass is 10.2. The van der Waals surface area contributed by atoms with Crippen LogP contribution in [0.3, 0.4) is 0 Å². The first kappa shape index (κ1) is 15.5. The fourth-order valence-electron chi connectivity index (χ4n) is 1.87. The predicted octanol–water partition coefficient (Wildman–Crippen LogP) is 3.86. The lowest BCUT2D eigenvalue weighted by molar-refractivity contribution is -0.135. The summed E-state index contributed by atoms with van der Waals surface area (Å²) in [7, 11) is 1.06. The maximum atomic E-state index is 13.9. The van der Waals surface area contributed by atoms with E-state index in [1.165, 1.54) is 18.4 Å². The van der Waals surface area contributed by atoms with Crippen molar-refractivity contribution >= 4 is 23.5 Å². The van der Waals surface area contributed by atoms with E-state index in [1.54, 1.807) is 0 Å². The van der Waals surface area contributed by atoms with Gasteiger partial charge in [0.05, 0.1) is 18.3 Å². The number of benzene rings is 1. The molecule has 9 heteroatoms. The van der Waals surface area contributed by atoms with E-state index in [-0.39, 0.29) is 16.4 Å². The first-order chi connectivity index (χ1) is 11.0. The Morgan fingerprint density at radius 1 is 1.13 bits per heavy atom. The second-order valence-corrected chi connectivity index (χ2v) is 5.27. The molecule has 3 rings (SSSR count). The highest BCUT2D eigenvalue weighted by Gasteiger charge is 2.36. The van der Waals surface area contributed by atoms with Gasteiger partial charge in [-0.15, -0.1) is 0 Å². The number of furan rings is 1. The van der Waals surface area contributed by atoms with Gasteiger partial charge in [0, 0.05) is 0 Å². The van der Waals surface area contributed by atoms with Crippen molar-refractivity contribution in [2.75, 3.05) is 7.11 Å². The number of hydrogen-bond donors (Lipinski definition) is 0. The summed E-state index contributed by atoms with van der Waals surface area (Å²) in [6.07, 6.45) is 1.25. The molecule has 120 valence electrons. The van der Waals surface area contributed by atoms with E-state index < -0.39 is 39.9 Å². The molecular weight excluding hydrogens is 340 g/mol. The number of ether oxygens (including phenoxy) is 2. The van der Waals surface area contributed by atoms with Gasteiger partial charge >= 0.3 is 5.97 Å². The summed E-state index contributed by atoms with van der Waals surface area (Å²) in [5.41, 5.74) is 0. The lowest BCUT2D eigenvalue weighted by Gasteiger charge is -2.21. The molecule has 0 spiro atoms. The minimum atomic E-state index is -2.01. The van der Waals surface area contributed by atoms with Crippen LogP contribution in [0.4, 0.5) is 17.6 Å². The number of thioether (sulfide) groups is 1. The van der Waals surface area contributed by atoms with Crippen LogP contribution in [0.2, 0.25) is 0 Å². The molecule has 0 atom stereocenters. The van der Waals surface area contributed by atoms with Crippen LogP contribution in [0.5, 0.6) is 5.75 Å². The Hall–Kier alpha value is -2.42. The van der Waals surface area contributed by atoms with Gasteiger partial charge in [-0.2, -0.15) is 4.39 Å². The molecule has 0 unspecified atom stereocenters. The number of hydrogen-bond acceptors (Lipinski definition) is 5. The Morgan fingerprint density at radius 2 is 1.83 bits per heavy atom. The standard InChI is InChI=1S/C14H6F4O4S/c1-20-14(19)13-10(5-3-2-4-21-5)22-11-8(17)6(15)7(16)9(18)12(11)23-13/h2-4H,1H3. The molecule has 0 radical (unpaired) electrons. The summed E-state index contributed by atoms with van der Waals surface area (Å²) in [4.78, 5) is 10.8. The number of esters is 1. The summed E-state index contributed by atoms with van der Waals surface area (Å²) in [6, 6.07) is 2.85. The van der Waals surface area contributed by atoms with Crippen molar-refractivity contribution in [3.63, 3.8) is 0 Å². The molecule has 0 amide bonds. The van der Waals surface area contributed by atoms with Crippen molar-refractivity contribution in [3.8, 4) is 5.75 Å².